The number of nitrogens with zero attached hydrogens (tertiary/aromatic N) is 1. The molecule has 5 nitrogen and oxygen atoms in total. The first-order valence-corrected chi connectivity index (χ1v) is 13.2. The Hall–Kier alpha value is -2.26. The van der Waals surface area contributed by atoms with Gasteiger partial charge in [0.2, 0.25) is 5.91 Å². The normalized spacial score (nSPS) is 19.2. The van der Waals surface area contributed by atoms with Crippen molar-refractivity contribution in [2.75, 3.05) is 4.90 Å². The highest BCUT2D eigenvalue weighted by Gasteiger charge is 2.34. The van der Waals surface area contributed by atoms with Gasteiger partial charge in [0, 0.05) is 24.2 Å². The molecule has 1 aliphatic heterocycles. The molecule has 2 rings (SSSR count). The van der Waals surface area contributed by atoms with Crippen LogP contribution < -0.4 is 10.2 Å². The van der Waals surface area contributed by atoms with Gasteiger partial charge < -0.3 is 15.0 Å². The van der Waals surface area contributed by atoms with Crippen LogP contribution in [0.25, 0.3) is 0 Å². The maximum absolute atomic E-state index is 12.4. The number of rotatable bonds is 1. The number of benzene rings is 1. The first-order valence-electron chi connectivity index (χ1n) is 9.73. The molecular weight excluding hydrogens is 368 g/mol. The molecule has 0 saturated carbocycles. The fraction of sp³-hybridized carbons (Fsp3) is 0.545. The highest BCUT2D eigenvalue weighted by atomic mass is 28.3. The number of ether oxygens (including phenoxy) is 1. The van der Waals surface area contributed by atoms with Crippen LogP contribution in [0.4, 0.5) is 10.5 Å². The van der Waals surface area contributed by atoms with Crippen LogP contribution in [0.2, 0.25) is 19.6 Å². The first-order chi connectivity index (χ1) is 12.8. The van der Waals surface area contributed by atoms with Gasteiger partial charge in [-0.2, -0.15) is 0 Å². The summed E-state index contributed by atoms with van der Waals surface area (Å²) in [5, 5.41) is 2.98. The lowest BCUT2D eigenvalue weighted by atomic mass is 9.90. The fourth-order valence-electron chi connectivity index (χ4n) is 3.27. The summed E-state index contributed by atoms with van der Waals surface area (Å²) in [5.41, 5.74) is 5.43. The van der Waals surface area contributed by atoms with Crippen LogP contribution >= 0.6 is 0 Å². The van der Waals surface area contributed by atoms with Crippen molar-refractivity contribution < 1.29 is 14.3 Å². The minimum atomic E-state index is -1.50. The van der Waals surface area contributed by atoms with E-state index >= 15 is 0 Å². The van der Waals surface area contributed by atoms with Gasteiger partial charge in [-0.15, -0.1) is 5.54 Å². The van der Waals surface area contributed by atoms with Crippen LogP contribution in [-0.2, 0) is 9.53 Å². The second kappa shape index (κ2) is 8.00. The smallest absolute Gasteiger partial charge is 0.408 e. The number of carbonyl (C=O) groups is 2. The maximum Gasteiger partial charge on any atom is 0.408 e. The Morgan fingerprint density at radius 3 is 2.43 bits per heavy atom. The lowest BCUT2D eigenvalue weighted by Crippen LogP contribution is -2.46. The van der Waals surface area contributed by atoms with Crippen molar-refractivity contribution in [3.8, 4) is 11.5 Å². The monoisotopic (exact) mass is 400 g/mol. The van der Waals surface area contributed by atoms with Gasteiger partial charge >= 0.3 is 6.09 Å². The van der Waals surface area contributed by atoms with Crippen molar-refractivity contribution in [3.63, 3.8) is 0 Å². The Bertz CT molecular complexity index is 825. The Kier molecular flexibility index (Phi) is 6.30. The third kappa shape index (κ3) is 5.87. The predicted molar refractivity (Wildman–Crippen MR) is 116 cm³/mol. The topological polar surface area (TPSA) is 58.6 Å². The van der Waals surface area contributed by atoms with E-state index in [4.69, 9.17) is 4.74 Å². The van der Waals surface area contributed by atoms with Gasteiger partial charge in [0.1, 0.15) is 13.7 Å². The van der Waals surface area contributed by atoms with Crippen molar-refractivity contribution in [2.24, 2.45) is 0 Å². The molecule has 2 amide bonds. The number of alkyl carbamates (subject to hydrolysis) is 1. The average Bonchev–Trinajstić information content (AvgIpc) is 2.50. The van der Waals surface area contributed by atoms with E-state index in [2.05, 4.69) is 36.4 Å². The number of carbonyl (C=O) groups excluding carboxylic acids is 2. The second-order valence-corrected chi connectivity index (χ2v) is 14.2. The van der Waals surface area contributed by atoms with Crippen molar-refractivity contribution in [1.29, 1.82) is 0 Å². The molecule has 0 aliphatic carbocycles. The summed E-state index contributed by atoms with van der Waals surface area (Å²) in [6, 6.07) is 5.62. The molecule has 0 aromatic heterocycles. The van der Waals surface area contributed by atoms with E-state index in [-0.39, 0.29) is 18.0 Å². The van der Waals surface area contributed by atoms with Crippen molar-refractivity contribution in [2.45, 2.75) is 78.4 Å². The third-order valence-electron chi connectivity index (χ3n) is 4.29. The Balaban J connectivity index is 2.43. The summed E-state index contributed by atoms with van der Waals surface area (Å²) in [7, 11) is -1.50. The number of amides is 2. The lowest BCUT2D eigenvalue weighted by molar-refractivity contribution is -0.117. The molecule has 1 aromatic carbocycles. The molecule has 2 atom stereocenters. The minimum Gasteiger partial charge on any atom is -0.444 e. The molecule has 0 saturated heterocycles. The number of hydrogen-bond acceptors (Lipinski definition) is 3. The molecule has 1 heterocycles. The third-order valence-corrected chi connectivity index (χ3v) is 5.17. The zero-order chi connectivity index (χ0) is 21.3. The number of fused-ring (bicyclic) bond motifs is 1. The van der Waals surface area contributed by atoms with Gasteiger partial charge in [-0.05, 0) is 57.9 Å². The molecule has 1 aromatic rings. The summed E-state index contributed by atoms with van der Waals surface area (Å²) in [6.45, 7) is 15.7. The SMILES string of the molecule is CC(=O)N1c2ccc(C#C[Si](C)(C)C)cc2[C@H](NC(=O)OC(C)(C)C)C[C@@H]1C. The molecule has 0 spiro atoms. The van der Waals surface area contributed by atoms with E-state index in [0.717, 1.165) is 16.8 Å². The number of anilines is 1. The largest absolute Gasteiger partial charge is 0.444 e. The highest BCUT2D eigenvalue weighted by Crippen LogP contribution is 2.38. The molecule has 0 bridgehead atoms. The Morgan fingerprint density at radius 1 is 1.25 bits per heavy atom. The maximum atomic E-state index is 12.4. The molecular formula is C22H32N2O3Si. The molecule has 152 valence electrons. The summed E-state index contributed by atoms with van der Waals surface area (Å²) in [4.78, 5) is 26.4. The van der Waals surface area contributed by atoms with E-state index < -0.39 is 19.8 Å². The standard InChI is InChI=1S/C22H32N2O3Si/c1-15-13-19(23-21(26)27-22(3,4)5)18-14-17(11-12-28(6,7)8)9-10-20(18)24(15)16(2)25/h9-10,14-15,19H,13H2,1-8H3,(H,23,26)/t15-,19+/m0/s1. The second-order valence-electron chi connectivity index (χ2n) is 9.45. The van der Waals surface area contributed by atoms with Crippen LogP contribution in [-0.4, -0.2) is 31.7 Å². The van der Waals surface area contributed by atoms with Crippen LogP contribution in [0.5, 0.6) is 0 Å². The zero-order valence-electron chi connectivity index (χ0n) is 18.3. The highest BCUT2D eigenvalue weighted by molar-refractivity contribution is 6.83. The molecule has 1 N–H and O–H groups in total. The van der Waals surface area contributed by atoms with E-state index in [1.165, 1.54) is 0 Å². The van der Waals surface area contributed by atoms with Crippen molar-refractivity contribution >= 4 is 25.8 Å². The van der Waals surface area contributed by atoms with Crippen molar-refractivity contribution in [3.05, 3.63) is 29.3 Å². The van der Waals surface area contributed by atoms with Crippen LogP contribution in [0, 0.1) is 11.5 Å². The predicted octanol–water partition coefficient (Wildman–Crippen LogP) is 4.63. The summed E-state index contributed by atoms with van der Waals surface area (Å²) < 4.78 is 5.43. The van der Waals surface area contributed by atoms with E-state index in [1.54, 1.807) is 11.8 Å². The number of hydrogen-bond donors (Lipinski definition) is 1. The molecule has 1 aliphatic rings. The van der Waals surface area contributed by atoms with Gasteiger partial charge in [-0.1, -0.05) is 25.6 Å². The van der Waals surface area contributed by atoms with Crippen LogP contribution in [0.3, 0.4) is 0 Å². The van der Waals surface area contributed by atoms with Gasteiger partial charge in [0.05, 0.1) is 6.04 Å². The Morgan fingerprint density at radius 2 is 1.89 bits per heavy atom. The first kappa shape index (κ1) is 22.0. The van der Waals surface area contributed by atoms with E-state index in [9.17, 15) is 9.59 Å². The summed E-state index contributed by atoms with van der Waals surface area (Å²) in [6.07, 6.45) is 0.169. The summed E-state index contributed by atoms with van der Waals surface area (Å²) >= 11 is 0. The number of nitrogens with one attached hydrogen (secondary N) is 1. The molecule has 0 radical (unpaired) electrons. The van der Waals surface area contributed by atoms with Gasteiger partial charge in [0.15, 0.2) is 0 Å². The van der Waals surface area contributed by atoms with E-state index in [0.29, 0.717) is 6.42 Å². The fourth-order valence-corrected chi connectivity index (χ4v) is 3.79. The molecule has 6 heteroatoms. The molecule has 0 unspecified atom stereocenters. The summed E-state index contributed by atoms with van der Waals surface area (Å²) in [5.74, 6) is 3.26. The van der Waals surface area contributed by atoms with Crippen LogP contribution in [0.15, 0.2) is 18.2 Å². The molecule has 0 fully saturated rings. The Labute approximate surface area is 169 Å². The van der Waals surface area contributed by atoms with Gasteiger partial charge in [-0.3, -0.25) is 4.79 Å². The minimum absolute atomic E-state index is 0.00889. The van der Waals surface area contributed by atoms with Crippen molar-refractivity contribution in [1.82, 2.24) is 5.32 Å². The molecule has 28 heavy (non-hydrogen) atoms. The quantitative estimate of drug-likeness (QED) is 0.552. The van der Waals surface area contributed by atoms with E-state index in [1.807, 2.05) is 45.9 Å². The van der Waals surface area contributed by atoms with Gasteiger partial charge in [-0.25, -0.2) is 4.79 Å². The van der Waals surface area contributed by atoms with Crippen LogP contribution in [0.1, 0.15) is 58.2 Å². The van der Waals surface area contributed by atoms with Gasteiger partial charge in [0.25, 0.3) is 0 Å². The average molecular weight is 401 g/mol. The zero-order valence-corrected chi connectivity index (χ0v) is 19.3. The lowest BCUT2D eigenvalue weighted by Gasteiger charge is -2.39.